The van der Waals surface area contributed by atoms with Crippen LogP contribution in [0.15, 0.2) is 47.4 Å². The molecule has 0 radical (unpaired) electrons. The number of benzene rings is 1. The number of allylic oxidation sites excluding steroid dienone is 3. The number of sulfonamides is 1. The fraction of sp³-hybridized carbons (Fsp3) is 0.312. The van der Waals surface area contributed by atoms with Crippen LogP contribution < -0.4 is 5.32 Å². The molecule has 24 heavy (non-hydrogen) atoms. The van der Waals surface area contributed by atoms with Crippen molar-refractivity contribution in [2.45, 2.75) is 11.8 Å². The average Bonchev–Trinajstić information content (AvgIpc) is 2.57. The lowest BCUT2D eigenvalue weighted by atomic mass is 10.3. The summed E-state index contributed by atoms with van der Waals surface area (Å²) in [6.07, 6.45) is 6.27. The van der Waals surface area contributed by atoms with Crippen LogP contribution >= 0.6 is 0 Å². The summed E-state index contributed by atoms with van der Waals surface area (Å²) in [4.78, 5) is 11.3. The fourth-order valence-electron chi connectivity index (χ4n) is 2.14. The molecule has 0 bridgehead atoms. The van der Waals surface area contributed by atoms with Crippen molar-refractivity contribution in [2.75, 3.05) is 31.6 Å². The van der Waals surface area contributed by atoms with Gasteiger partial charge < -0.3 is 10.1 Å². The third-order valence-corrected chi connectivity index (χ3v) is 5.25. The molecule has 0 unspecified atom stereocenters. The van der Waals surface area contributed by atoms with Gasteiger partial charge in [0.1, 0.15) is 10.7 Å². The minimum Gasteiger partial charge on any atom is -0.379 e. The van der Waals surface area contributed by atoms with Crippen LogP contribution in [0.1, 0.15) is 6.92 Å². The van der Waals surface area contributed by atoms with E-state index in [2.05, 4.69) is 5.32 Å². The van der Waals surface area contributed by atoms with Crippen molar-refractivity contribution in [2.24, 2.45) is 0 Å². The number of carbonyl (C=O) groups is 1. The summed E-state index contributed by atoms with van der Waals surface area (Å²) in [6.45, 7) is 2.69. The molecule has 0 aliphatic carbocycles. The van der Waals surface area contributed by atoms with Crippen molar-refractivity contribution in [3.63, 3.8) is 0 Å². The summed E-state index contributed by atoms with van der Waals surface area (Å²) in [5.41, 5.74) is 0.207. The minimum absolute atomic E-state index is 0.171. The SMILES string of the molecule is CC=CC=CC(=O)Nc1ccc(F)c(S(=O)(=O)N2CCOCC2)c1. The topological polar surface area (TPSA) is 75.7 Å². The number of morpholine rings is 1. The maximum atomic E-state index is 14.0. The normalized spacial score (nSPS) is 16.8. The van der Waals surface area contributed by atoms with Gasteiger partial charge in [-0.05, 0) is 25.1 Å². The van der Waals surface area contributed by atoms with Crippen LogP contribution in [0, 0.1) is 5.82 Å². The van der Waals surface area contributed by atoms with Crippen molar-refractivity contribution in [1.29, 1.82) is 0 Å². The van der Waals surface area contributed by atoms with Gasteiger partial charge in [-0.3, -0.25) is 4.79 Å². The molecule has 0 aromatic heterocycles. The molecule has 130 valence electrons. The number of amides is 1. The number of nitrogens with zero attached hydrogens (tertiary/aromatic N) is 1. The van der Waals surface area contributed by atoms with E-state index in [0.717, 1.165) is 12.1 Å². The molecule has 1 fully saturated rings. The quantitative estimate of drug-likeness (QED) is 0.647. The zero-order valence-corrected chi connectivity index (χ0v) is 14.1. The lowest BCUT2D eigenvalue weighted by molar-refractivity contribution is -0.111. The van der Waals surface area contributed by atoms with E-state index in [-0.39, 0.29) is 32.0 Å². The van der Waals surface area contributed by atoms with Gasteiger partial charge in [-0.15, -0.1) is 0 Å². The summed E-state index contributed by atoms with van der Waals surface area (Å²) in [5, 5.41) is 2.51. The Labute approximate surface area is 140 Å². The van der Waals surface area contributed by atoms with Crippen LogP contribution in [0.2, 0.25) is 0 Å². The number of nitrogens with one attached hydrogen (secondary N) is 1. The second kappa shape index (κ2) is 8.18. The smallest absolute Gasteiger partial charge is 0.248 e. The highest BCUT2D eigenvalue weighted by Gasteiger charge is 2.29. The Bertz CT molecular complexity index is 753. The lowest BCUT2D eigenvalue weighted by Gasteiger charge is -2.26. The number of hydrogen-bond donors (Lipinski definition) is 1. The van der Waals surface area contributed by atoms with E-state index < -0.39 is 26.6 Å². The van der Waals surface area contributed by atoms with E-state index >= 15 is 0 Å². The molecule has 1 aromatic rings. The number of ether oxygens (including phenoxy) is 1. The van der Waals surface area contributed by atoms with E-state index in [0.29, 0.717) is 0 Å². The first-order chi connectivity index (χ1) is 11.4. The summed E-state index contributed by atoms with van der Waals surface area (Å²) in [7, 11) is -3.97. The van der Waals surface area contributed by atoms with E-state index in [1.165, 1.54) is 16.4 Å². The molecular weight excluding hydrogens is 335 g/mol. The molecule has 1 amide bonds. The van der Waals surface area contributed by atoms with Crippen molar-refractivity contribution >= 4 is 21.6 Å². The van der Waals surface area contributed by atoms with Gasteiger partial charge in [0.25, 0.3) is 0 Å². The van der Waals surface area contributed by atoms with Crippen LogP contribution in [0.25, 0.3) is 0 Å². The molecule has 1 aromatic carbocycles. The Morgan fingerprint density at radius 2 is 2.00 bits per heavy atom. The molecule has 1 aliphatic rings. The number of rotatable bonds is 5. The molecule has 0 saturated carbocycles. The van der Waals surface area contributed by atoms with Gasteiger partial charge in [-0.25, -0.2) is 12.8 Å². The van der Waals surface area contributed by atoms with Gasteiger partial charge in [0.2, 0.25) is 15.9 Å². The zero-order chi connectivity index (χ0) is 17.6. The molecule has 1 N–H and O–H groups in total. The number of hydrogen-bond acceptors (Lipinski definition) is 4. The second-order valence-electron chi connectivity index (χ2n) is 5.04. The first-order valence-corrected chi connectivity index (χ1v) is 8.87. The van der Waals surface area contributed by atoms with E-state index in [1.54, 1.807) is 18.2 Å². The molecule has 0 spiro atoms. The Morgan fingerprint density at radius 3 is 2.67 bits per heavy atom. The lowest BCUT2D eigenvalue weighted by Crippen LogP contribution is -2.40. The van der Waals surface area contributed by atoms with Crippen LogP contribution in [-0.2, 0) is 19.6 Å². The highest BCUT2D eigenvalue weighted by Crippen LogP contribution is 2.23. The molecular formula is C16H19FN2O4S. The Kier molecular flexibility index (Phi) is 6.24. The van der Waals surface area contributed by atoms with Gasteiger partial charge in [-0.1, -0.05) is 18.2 Å². The fourth-order valence-corrected chi connectivity index (χ4v) is 3.64. The van der Waals surface area contributed by atoms with E-state index in [4.69, 9.17) is 4.74 Å². The van der Waals surface area contributed by atoms with Crippen LogP contribution in [0.3, 0.4) is 0 Å². The number of halogens is 1. The monoisotopic (exact) mass is 354 g/mol. The Morgan fingerprint density at radius 1 is 1.29 bits per heavy atom. The summed E-state index contributed by atoms with van der Waals surface area (Å²) < 4.78 is 45.4. The molecule has 2 rings (SSSR count). The third-order valence-electron chi connectivity index (χ3n) is 3.34. The second-order valence-corrected chi connectivity index (χ2v) is 6.94. The van der Waals surface area contributed by atoms with Gasteiger partial charge in [-0.2, -0.15) is 4.31 Å². The van der Waals surface area contributed by atoms with Crippen molar-refractivity contribution < 1.29 is 22.3 Å². The summed E-state index contributed by atoms with van der Waals surface area (Å²) in [6, 6.07) is 3.47. The predicted molar refractivity (Wildman–Crippen MR) is 88.6 cm³/mol. The molecule has 0 atom stereocenters. The maximum Gasteiger partial charge on any atom is 0.248 e. The summed E-state index contributed by atoms with van der Waals surface area (Å²) in [5.74, 6) is -1.29. The van der Waals surface area contributed by atoms with Gasteiger partial charge in [0, 0.05) is 24.9 Å². The van der Waals surface area contributed by atoms with Crippen molar-refractivity contribution in [3.8, 4) is 0 Å². The molecule has 1 aliphatic heterocycles. The molecule has 6 nitrogen and oxygen atoms in total. The first kappa shape index (κ1) is 18.3. The third kappa shape index (κ3) is 4.50. The van der Waals surface area contributed by atoms with Crippen LogP contribution in [-0.4, -0.2) is 44.9 Å². The van der Waals surface area contributed by atoms with E-state index in [9.17, 15) is 17.6 Å². The zero-order valence-electron chi connectivity index (χ0n) is 13.2. The first-order valence-electron chi connectivity index (χ1n) is 7.43. The number of anilines is 1. The number of carbonyl (C=O) groups excluding carboxylic acids is 1. The Balaban J connectivity index is 2.23. The van der Waals surface area contributed by atoms with E-state index in [1.807, 2.05) is 6.92 Å². The van der Waals surface area contributed by atoms with Crippen molar-refractivity contribution in [3.05, 3.63) is 48.3 Å². The largest absolute Gasteiger partial charge is 0.379 e. The van der Waals surface area contributed by atoms with Crippen LogP contribution in [0.4, 0.5) is 10.1 Å². The Hall–Kier alpha value is -2.03. The summed E-state index contributed by atoms with van der Waals surface area (Å²) >= 11 is 0. The molecule has 1 saturated heterocycles. The van der Waals surface area contributed by atoms with Gasteiger partial charge in [0.15, 0.2) is 0 Å². The highest BCUT2D eigenvalue weighted by molar-refractivity contribution is 7.89. The maximum absolute atomic E-state index is 14.0. The van der Waals surface area contributed by atoms with Gasteiger partial charge >= 0.3 is 0 Å². The minimum atomic E-state index is -3.97. The standard InChI is InChI=1S/C16H19FN2O4S/c1-2-3-4-5-16(20)18-13-6-7-14(17)15(12-13)24(21,22)19-8-10-23-11-9-19/h2-7,12H,8-11H2,1H3,(H,18,20). The highest BCUT2D eigenvalue weighted by atomic mass is 32.2. The molecule has 1 heterocycles. The predicted octanol–water partition coefficient (Wildman–Crippen LogP) is 1.92. The van der Waals surface area contributed by atoms with Crippen molar-refractivity contribution in [1.82, 2.24) is 4.31 Å². The van der Waals surface area contributed by atoms with Gasteiger partial charge in [0.05, 0.1) is 13.2 Å². The molecule has 8 heteroatoms. The average molecular weight is 354 g/mol. The van der Waals surface area contributed by atoms with Crippen LogP contribution in [0.5, 0.6) is 0 Å².